The maximum atomic E-state index is 13.6. The van der Waals surface area contributed by atoms with Crippen LogP contribution in [0.5, 0.6) is 5.75 Å². The summed E-state index contributed by atoms with van der Waals surface area (Å²) >= 11 is 6.15. The van der Waals surface area contributed by atoms with Gasteiger partial charge in [-0.1, -0.05) is 25.4 Å². The number of azo groups is 1. The molecule has 0 bridgehead atoms. The van der Waals surface area contributed by atoms with Crippen LogP contribution in [0.15, 0.2) is 46.8 Å². The third-order valence-electron chi connectivity index (χ3n) is 3.54. The summed E-state index contributed by atoms with van der Waals surface area (Å²) in [5.74, 6) is 0.855. The highest BCUT2D eigenvalue weighted by Crippen LogP contribution is 2.33. The number of nitrogens with zero attached hydrogens (tertiary/aromatic N) is 4. The second-order valence-corrected chi connectivity index (χ2v) is 5.98. The summed E-state index contributed by atoms with van der Waals surface area (Å²) in [6, 6.07) is 8.09. The van der Waals surface area contributed by atoms with Gasteiger partial charge < -0.3 is 4.74 Å². The Morgan fingerprint density at radius 3 is 2.71 bits per heavy atom. The Hall–Kier alpha value is -2.47. The van der Waals surface area contributed by atoms with Gasteiger partial charge in [-0.05, 0) is 30.2 Å². The van der Waals surface area contributed by atoms with Crippen LogP contribution in [0.25, 0.3) is 5.65 Å². The van der Waals surface area contributed by atoms with Crippen LogP contribution in [0.3, 0.4) is 0 Å². The molecular formula is C17H16ClFN4O. The van der Waals surface area contributed by atoms with Gasteiger partial charge in [-0.15, -0.1) is 10.2 Å². The first kappa shape index (κ1) is 16.4. The summed E-state index contributed by atoms with van der Waals surface area (Å²) in [7, 11) is 1.56. The number of aromatic nitrogens is 2. The van der Waals surface area contributed by atoms with Gasteiger partial charge in [0.1, 0.15) is 22.9 Å². The van der Waals surface area contributed by atoms with E-state index < -0.39 is 0 Å². The Morgan fingerprint density at radius 1 is 1.21 bits per heavy atom. The number of rotatable bonds is 4. The number of ether oxygens (including phenoxy) is 1. The number of benzene rings is 1. The lowest BCUT2D eigenvalue weighted by Gasteiger charge is -2.03. The Balaban J connectivity index is 2.12. The molecule has 7 heteroatoms. The van der Waals surface area contributed by atoms with Gasteiger partial charge in [0, 0.05) is 12.3 Å². The predicted molar refractivity (Wildman–Crippen MR) is 91.4 cm³/mol. The zero-order valence-corrected chi connectivity index (χ0v) is 14.3. The van der Waals surface area contributed by atoms with Crippen LogP contribution in [0.2, 0.25) is 5.02 Å². The molecule has 0 radical (unpaired) electrons. The molecule has 3 aromatic rings. The number of hydrogen-bond acceptors (Lipinski definition) is 4. The molecule has 0 saturated carbocycles. The van der Waals surface area contributed by atoms with Gasteiger partial charge in [0.2, 0.25) is 0 Å². The summed E-state index contributed by atoms with van der Waals surface area (Å²) < 4.78 is 20.3. The average Bonchev–Trinajstić information content (AvgIpc) is 2.92. The lowest BCUT2D eigenvalue weighted by molar-refractivity contribution is 0.415. The summed E-state index contributed by atoms with van der Waals surface area (Å²) in [6.45, 7) is 3.99. The van der Waals surface area contributed by atoms with Crippen molar-refractivity contribution < 1.29 is 9.13 Å². The van der Waals surface area contributed by atoms with Gasteiger partial charge in [0.25, 0.3) is 0 Å². The average molecular weight is 347 g/mol. The second kappa shape index (κ2) is 6.57. The first-order valence-corrected chi connectivity index (χ1v) is 7.80. The molecule has 0 unspecified atom stereocenters. The quantitative estimate of drug-likeness (QED) is 0.571. The van der Waals surface area contributed by atoms with Gasteiger partial charge in [0.15, 0.2) is 5.82 Å². The molecule has 2 aromatic heterocycles. The second-order valence-electron chi connectivity index (χ2n) is 5.57. The summed E-state index contributed by atoms with van der Waals surface area (Å²) in [6.07, 6.45) is 1.34. The molecule has 0 amide bonds. The SMILES string of the molecule is COc1ccc(Cl)c(N=Nc2c(C(C)C)nc3ccc(F)cn23)c1. The van der Waals surface area contributed by atoms with Crippen molar-refractivity contribution in [1.82, 2.24) is 9.38 Å². The number of imidazole rings is 1. The number of methoxy groups -OCH3 is 1. The van der Waals surface area contributed by atoms with Crippen LogP contribution in [-0.4, -0.2) is 16.5 Å². The molecule has 1 aromatic carbocycles. The summed E-state index contributed by atoms with van der Waals surface area (Å²) in [4.78, 5) is 4.51. The number of halogens is 2. The molecule has 0 aliphatic heterocycles. The van der Waals surface area contributed by atoms with Crippen LogP contribution in [0.1, 0.15) is 25.5 Å². The van der Waals surface area contributed by atoms with E-state index in [2.05, 4.69) is 15.2 Å². The van der Waals surface area contributed by atoms with Crippen molar-refractivity contribution in [2.45, 2.75) is 19.8 Å². The van der Waals surface area contributed by atoms with E-state index in [0.717, 1.165) is 5.69 Å². The standard InChI is InChI=1S/C17H16ClFN4O/c1-10(2)16-17(23-9-11(19)4-7-15(23)20-16)22-21-14-8-12(24-3)5-6-13(14)18/h4-10H,1-3H3. The molecule has 0 fully saturated rings. The third kappa shape index (κ3) is 3.10. The van der Waals surface area contributed by atoms with Crippen molar-refractivity contribution in [2.75, 3.05) is 7.11 Å². The summed E-state index contributed by atoms with van der Waals surface area (Å²) in [5, 5.41) is 8.94. The van der Waals surface area contributed by atoms with Crippen molar-refractivity contribution in [3.63, 3.8) is 0 Å². The monoisotopic (exact) mass is 346 g/mol. The van der Waals surface area contributed by atoms with Gasteiger partial charge in [-0.3, -0.25) is 4.40 Å². The van der Waals surface area contributed by atoms with Gasteiger partial charge in [-0.2, -0.15) is 0 Å². The highest BCUT2D eigenvalue weighted by Gasteiger charge is 2.15. The first-order chi connectivity index (χ1) is 11.5. The van der Waals surface area contributed by atoms with Gasteiger partial charge >= 0.3 is 0 Å². The lowest BCUT2D eigenvalue weighted by atomic mass is 10.1. The van der Waals surface area contributed by atoms with Gasteiger partial charge in [-0.25, -0.2) is 9.37 Å². The number of hydrogen-bond donors (Lipinski definition) is 0. The smallest absolute Gasteiger partial charge is 0.183 e. The lowest BCUT2D eigenvalue weighted by Crippen LogP contribution is -1.88. The molecule has 5 nitrogen and oxygen atoms in total. The Kier molecular flexibility index (Phi) is 4.49. The Bertz CT molecular complexity index is 920. The topological polar surface area (TPSA) is 51.2 Å². The minimum Gasteiger partial charge on any atom is -0.497 e. The largest absolute Gasteiger partial charge is 0.497 e. The molecule has 2 heterocycles. The van der Waals surface area contributed by atoms with E-state index in [-0.39, 0.29) is 11.7 Å². The third-order valence-corrected chi connectivity index (χ3v) is 3.86. The van der Waals surface area contributed by atoms with Crippen LogP contribution in [0.4, 0.5) is 15.9 Å². The summed E-state index contributed by atoms with van der Waals surface area (Å²) in [5.41, 5.74) is 1.83. The van der Waals surface area contributed by atoms with Crippen molar-refractivity contribution in [2.24, 2.45) is 10.2 Å². The zero-order valence-electron chi connectivity index (χ0n) is 13.5. The van der Waals surface area contributed by atoms with Crippen molar-refractivity contribution in [1.29, 1.82) is 0 Å². The fourth-order valence-electron chi connectivity index (χ4n) is 2.31. The minimum atomic E-state index is -0.369. The van der Waals surface area contributed by atoms with E-state index in [0.29, 0.717) is 27.9 Å². The Morgan fingerprint density at radius 2 is 2.00 bits per heavy atom. The van der Waals surface area contributed by atoms with E-state index in [1.165, 1.54) is 12.3 Å². The molecule has 0 atom stereocenters. The highest BCUT2D eigenvalue weighted by atomic mass is 35.5. The number of pyridine rings is 1. The molecule has 3 rings (SSSR count). The van der Waals surface area contributed by atoms with E-state index in [4.69, 9.17) is 16.3 Å². The van der Waals surface area contributed by atoms with Crippen LogP contribution in [-0.2, 0) is 0 Å². The molecular weight excluding hydrogens is 331 g/mol. The predicted octanol–water partition coefficient (Wildman–Crippen LogP) is 5.67. The van der Waals surface area contributed by atoms with Crippen LogP contribution >= 0.6 is 11.6 Å². The van der Waals surface area contributed by atoms with Crippen molar-refractivity contribution in [3.05, 3.63) is 53.1 Å². The van der Waals surface area contributed by atoms with E-state index in [1.54, 1.807) is 35.8 Å². The fourth-order valence-corrected chi connectivity index (χ4v) is 2.46. The Labute approximate surface area is 143 Å². The van der Waals surface area contributed by atoms with Gasteiger partial charge in [0.05, 0.1) is 17.8 Å². The highest BCUT2D eigenvalue weighted by molar-refractivity contribution is 6.33. The molecule has 24 heavy (non-hydrogen) atoms. The maximum absolute atomic E-state index is 13.6. The van der Waals surface area contributed by atoms with Crippen LogP contribution < -0.4 is 4.74 Å². The normalized spacial score (nSPS) is 11.8. The molecule has 0 N–H and O–H groups in total. The van der Waals surface area contributed by atoms with E-state index in [1.807, 2.05) is 13.8 Å². The molecule has 0 saturated heterocycles. The van der Waals surface area contributed by atoms with Crippen molar-refractivity contribution >= 4 is 28.8 Å². The first-order valence-electron chi connectivity index (χ1n) is 7.42. The van der Waals surface area contributed by atoms with Crippen molar-refractivity contribution in [3.8, 4) is 5.75 Å². The molecule has 124 valence electrons. The maximum Gasteiger partial charge on any atom is 0.183 e. The molecule has 0 aliphatic carbocycles. The minimum absolute atomic E-state index is 0.114. The van der Waals surface area contributed by atoms with E-state index in [9.17, 15) is 4.39 Å². The number of fused-ring (bicyclic) bond motifs is 1. The molecule has 0 spiro atoms. The zero-order chi connectivity index (χ0) is 17.3. The molecule has 0 aliphatic rings. The van der Waals surface area contributed by atoms with E-state index >= 15 is 0 Å². The fraction of sp³-hybridized carbons (Fsp3) is 0.235. The van der Waals surface area contributed by atoms with Crippen LogP contribution in [0, 0.1) is 5.82 Å².